The van der Waals surface area contributed by atoms with Crippen LogP contribution in [0.5, 0.6) is 5.75 Å². The zero-order valence-corrected chi connectivity index (χ0v) is 13.9. The molecule has 2 aromatic rings. The minimum Gasteiger partial charge on any atom is -0.485 e. The van der Waals surface area contributed by atoms with Gasteiger partial charge in [0.05, 0.1) is 10.5 Å². The van der Waals surface area contributed by atoms with Crippen molar-refractivity contribution in [1.82, 2.24) is 0 Å². The Morgan fingerprint density at radius 1 is 1.24 bits per heavy atom. The number of para-hydroxylation sites is 1. The molecule has 0 heterocycles. The molecule has 21 heavy (non-hydrogen) atoms. The molecule has 0 aliphatic heterocycles. The molecule has 0 aromatic heterocycles. The van der Waals surface area contributed by atoms with Gasteiger partial charge in [0.1, 0.15) is 6.61 Å². The van der Waals surface area contributed by atoms with E-state index in [0.29, 0.717) is 20.9 Å². The Kier molecular flexibility index (Phi) is 5.30. The summed E-state index contributed by atoms with van der Waals surface area (Å²) in [4.78, 5) is 10.5. The molecule has 0 unspecified atom stereocenters. The molecular formula is C14H10Br2FNO3. The van der Waals surface area contributed by atoms with Gasteiger partial charge in [-0.15, -0.1) is 0 Å². The van der Waals surface area contributed by atoms with Gasteiger partial charge in [0, 0.05) is 21.4 Å². The van der Waals surface area contributed by atoms with Crippen molar-refractivity contribution >= 4 is 37.5 Å². The van der Waals surface area contributed by atoms with E-state index in [1.807, 2.05) is 0 Å². The lowest BCUT2D eigenvalue weighted by Gasteiger charge is -2.11. The van der Waals surface area contributed by atoms with Crippen molar-refractivity contribution in [2.24, 2.45) is 0 Å². The monoisotopic (exact) mass is 417 g/mol. The van der Waals surface area contributed by atoms with Gasteiger partial charge in [-0.25, -0.2) is 4.39 Å². The van der Waals surface area contributed by atoms with Crippen LogP contribution in [-0.2, 0) is 11.9 Å². The van der Waals surface area contributed by atoms with E-state index in [4.69, 9.17) is 4.74 Å². The van der Waals surface area contributed by atoms with Gasteiger partial charge in [0.2, 0.25) is 0 Å². The predicted molar refractivity (Wildman–Crippen MR) is 84.2 cm³/mol. The van der Waals surface area contributed by atoms with E-state index in [9.17, 15) is 14.5 Å². The molecule has 0 aliphatic rings. The van der Waals surface area contributed by atoms with Gasteiger partial charge in [-0.3, -0.25) is 10.1 Å². The highest BCUT2D eigenvalue weighted by atomic mass is 79.9. The quantitative estimate of drug-likeness (QED) is 0.391. The van der Waals surface area contributed by atoms with Crippen molar-refractivity contribution in [3.63, 3.8) is 0 Å². The predicted octanol–water partition coefficient (Wildman–Crippen LogP) is 4.97. The average Bonchev–Trinajstić information content (AvgIpc) is 2.46. The van der Waals surface area contributed by atoms with Crippen molar-refractivity contribution in [3.8, 4) is 5.75 Å². The largest absolute Gasteiger partial charge is 0.485 e. The van der Waals surface area contributed by atoms with E-state index < -0.39 is 10.7 Å². The summed E-state index contributed by atoms with van der Waals surface area (Å²) >= 11 is 6.44. The second-order valence-corrected chi connectivity index (χ2v) is 5.66. The van der Waals surface area contributed by atoms with Crippen molar-refractivity contribution in [3.05, 3.63) is 67.9 Å². The van der Waals surface area contributed by atoms with Crippen LogP contribution >= 0.6 is 31.9 Å². The first-order chi connectivity index (χ1) is 10.0. The maximum absolute atomic E-state index is 13.8. The summed E-state index contributed by atoms with van der Waals surface area (Å²) in [7, 11) is 0. The summed E-state index contributed by atoms with van der Waals surface area (Å²) in [5, 5.41) is 11.5. The van der Waals surface area contributed by atoms with Crippen LogP contribution in [0.1, 0.15) is 11.1 Å². The molecule has 0 atom stereocenters. The van der Waals surface area contributed by atoms with Crippen LogP contribution in [0.15, 0.2) is 40.9 Å². The van der Waals surface area contributed by atoms with Gasteiger partial charge in [-0.2, -0.15) is 0 Å². The third-order valence-corrected chi connectivity index (χ3v) is 3.91. The molecule has 2 rings (SSSR count). The summed E-state index contributed by atoms with van der Waals surface area (Å²) < 4.78 is 19.8. The Bertz CT molecular complexity index is 679. The Balaban J connectivity index is 2.27. The first-order valence-electron chi connectivity index (χ1n) is 5.92. The number of halogens is 3. The smallest absolute Gasteiger partial charge is 0.277 e. The third-order valence-electron chi connectivity index (χ3n) is 2.81. The van der Waals surface area contributed by atoms with Crippen LogP contribution in [0.25, 0.3) is 0 Å². The number of nitro benzene ring substituents is 1. The first-order valence-corrected chi connectivity index (χ1v) is 7.83. The Hall–Kier alpha value is -1.47. The Labute approximate surface area is 137 Å². The fraction of sp³-hybridized carbons (Fsp3) is 0.143. The van der Waals surface area contributed by atoms with Crippen LogP contribution < -0.4 is 4.74 Å². The summed E-state index contributed by atoms with van der Waals surface area (Å²) in [6.45, 7) is -0.0788. The molecule has 7 heteroatoms. The highest BCUT2D eigenvalue weighted by molar-refractivity contribution is 9.10. The lowest BCUT2D eigenvalue weighted by Crippen LogP contribution is -2.03. The Morgan fingerprint density at radius 2 is 2.00 bits per heavy atom. The molecule has 0 N–H and O–H groups in total. The van der Waals surface area contributed by atoms with E-state index in [2.05, 4.69) is 31.9 Å². The summed E-state index contributed by atoms with van der Waals surface area (Å²) in [6.07, 6.45) is 0. The van der Waals surface area contributed by atoms with Gasteiger partial charge in [0.15, 0.2) is 11.6 Å². The summed E-state index contributed by atoms with van der Waals surface area (Å²) in [5.74, 6) is -0.390. The molecule has 0 amide bonds. The van der Waals surface area contributed by atoms with Crippen LogP contribution in [0.2, 0.25) is 0 Å². The van der Waals surface area contributed by atoms with Crippen molar-refractivity contribution in [2.45, 2.75) is 11.9 Å². The maximum atomic E-state index is 13.8. The normalized spacial score (nSPS) is 10.4. The van der Waals surface area contributed by atoms with Crippen molar-refractivity contribution in [1.29, 1.82) is 0 Å². The van der Waals surface area contributed by atoms with Gasteiger partial charge in [-0.05, 0) is 18.2 Å². The van der Waals surface area contributed by atoms with E-state index in [1.54, 1.807) is 24.3 Å². The molecule has 0 saturated carbocycles. The minimum atomic E-state index is -0.494. The molecule has 4 nitrogen and oxygen atoms in total. The van der Waals surface area contributed by atoms with Crippen LogP contribution in [0.3, 0.4) is 0 Å². The summed E-state index contributed by atoms with van der Waals surface area (Å²) in [6, 6.07) is 9.25. The second-order valence-electron chi connectivity index (χ2n) is 4.18. The highest BCUT2D eigenvalue weighted by Crippen LogP contribution is 2.28. The summed E-state index contributed by atoms with van der Waals surface area (Å²) in [5.41, 5.74) is 0.961. The zero-order valence-electron chi connectivity index (χ0n) is 10.7. The van der Waals surface area contributed by atoms with E-state index in [-0.39, 0.29) is 18.0 Å². The number of alkyl halides is 1. The molecular weight excluding hydrogens is 409 g/mol. The first kappa shape index (κ1) is 15.9. The molecule has 2 aromatic carbocycles. The molecule has 0 spiro atoms. The number of benzene rings is 2. The molecule has 0 bridgehead atoms. The maximum Gasteiger partial charge on any atom is 0.277 e. The average molecular weight is 419 g/mol. The topological polar surface area (TPSA) is 52.4 Å². The van der Waals surface area contributed by atoms with E-state index in [0.717, 1.165) is 0 Å². The number of nitro groups is 1. The van der Waals surface area contributed by atoms with Gasteiger partial charge < -0.3 is 4.74 Å². The van der Waals surface area contributed by atoms with Crippen LogP contribution in [0, 0.1) is 15.9 Å². The number of rotatable bonds is 5. The lowest BCUT2D eigenvalue weighted by atomic mass is 10.2. The fourth-order valence-electron chi connectivity index (χ4n) is 1.80. The number of hydrogen-bond donors (Lipinski definition) is 0. The lowest BCUT2D eigenvalue weighted by molar-refractivity contribution is -0.385. The standard InChI is InChI=1S/C14H10Br2FNO3/c15-7-9-2-1-3-12(17)14(9)21-8-10-4-5-11(16)6-13(10)18(19)20/h1-6H,7-8H2. The highest BCUT2D eigenvalue weighted by Gasteiger charge is 2.16. The van der Waals surface area contributed by atoms with Gasteiger partial charge in [0.25, 0.3) is 5.69 Å². The number of hydrogen-bond acceptors (Lipinski definition) is 3. The van der Waals surface area contributed by atoms with E-state index >= 15 is 0 Å². The minimum absolute atomic E-state index is 0.0684. The van der Waals surface area contributed by atoms with Crippen LogP contribution in [-0.4, -0.2) is 4.92 Å². The fourth-order valence-corrected chi connectivity index (χ4v) is 2.59. The Morgan fingerprint density at radius 3 is 2.67 bits per heavy atom. The van der Waals surface area contributed by atoms with Gasteiger partial charge >= 0.3 is 0 Å². The number of ether oxygens (including phenoxy) is 1. The molecule has 0 aliphatic carbocycles. The van der Waals surface area contributed by atoms with Crippen LogP contribution in [0.4, 0.5) is 10.1 Å². The van der Waals surface area contributed by atoms with Crippen molar-refractivity contribution < 1.29 is 14.1 Å². The van der Waals surface area contributed by atoms with Gasteiger partial charge in [-0.1, -0.05) is 44.0 Å². The van der Waals surface area contributed by atoms with E-state index in [1.165, 1.54) is 12.1 Å². The molecule has 0 fully saturated rings. The zero-order chi connectivity index (χ0) is 15.4. The van der Waals surface area contributed by atoms with Crippen molar-refractivity contribution in [2.75, 3.05) is 0 Å². The SMILES string of the molecule is O=[N+]([O-])c1cc(Br)ccc1COc1c(F)cccc1CBr. The molecule has 110 valence electrons. The number of nitrogens with zero attached hydrogens (tertiary/aromatic N) is 1. The molecule has 0 radical (unpaired) electrons. The molecule has 0 saturated heterocycles. The third kappa shape index (κ3) is 3.79. The second kappa shape index (κ2) is 7.00.